The van der Waals surface area contributed by atoms with Gasteiger partial charge in [-0.05, 0) is 24.7 Å². The molecule has 3 N–H and O–H groups in total. The van der Waals surface area contributed by atoms with Gasteiger partial charge in [-0.1, -0.05) is 12.8 Å². The Balaban J connectivity index is 2.41. The van der Waals surface area contributed by atoms with Gasteiger partial charge in [-0.15, -0.1) is 0 Å². The van der Waals surface area contributed by atoms with Crippen LogP contribution >= 0.6 is 0 Å². The Labute approximate surface area is 110 Å². The standard InChI is InChI=1S/C10H19F3N2O3S/c11-10(12,13)7-15-19(17,18)14-5-8-3-1-2-4-9(8)6-16/h8-9,14-16H,1-7H2. The second-order valence-corrected chi connectivity index (χ2v) is 6.36. The quantitative estimate of drug-likeness (QED) is 0.678. The van der Waals surface area contributed by atoms with Crippen molar-refractivity contribution in [3.8, 4) is 0 Å². The van der Waals surface area contributed by atoms with Crippen LogP contribution in [0.5, 0.6) is 0 Å². The van der Waals surface area contributed by atoms with Crippen molar-refractivity contribution in [2.45, 2.75) is 31.9 Å². The van der Waals surface area contributed by atoms with Crippen LogP contribution in [-0.2, 0) is 10.2 Å². The highest BCUT2D eigenvalue weighted by Gasteiger charge is 2.30. The van der Waals surface area contributed by atoms with Crippen LogP contribution in [0.2, 0.25) is 0 Å². The summed E-state index contributed by atoms with van der Waals surface area (Å²) in [5.74, 6) is -0.0136. The van der Waals surface area contributed by atoms with Gasteiger partial charge in [-0.3, -0.25) is 0 Å². The van der Waals surface area contributed by atoms with Gasteiger partial charge in [0.2, 0.25) is 0 Å². The van der Waals surface area contributed by atoms with Gasteiger partial charge < -0.3 is 5.11 Å². The lowest BCUT2D eigenvalue weighted by Gasteiger charge is -2.30. The summed E-state index contributed by atoms with van der Waals surface area (Å²) in [4.78, 5) is 0. The maximum Gasteiger partial charge on any atom is 0.402 e. The summed E-state index contributed by atoms with van der Waals surface area (Å²) in [6, 6.07) is 0. The number of hydrogen-bond acceptors (Lipinski definition) is 3. The first-order valence-corrected chi connectivity index (χ1v) is 7.63. The third kappa shape index (κ3) is 6.55. The van der Waals surface area contributed by atoms with Crippen molar-refractivity contribution < 1.29 is 26.7 Å². The summed E-state index contributed by atoms with van der Waals surface area (Å²) in [6.45, 7) is -1.56. The van der Waals surface area contributed by atoms with E-state index >= 15 is 0 Å². The van der Waals surface area contributed by atoms with E-state index in [1.54, 1.807) is 0 Å². The van der Waals surface area contributed by atoms with Crippen molar-refractivity contribution in [3.63, 3.8) is 0 Å². The molecule has 0 aromatic carbocycles. The molecule has 0 radical (unpaired) electrons. The van der Waals surface area contributed by atoms with Gasteiger partial charge in [0.25, 0.3) is 10.2 Å². The number of hydrogen-bond donors (Lipinski definition) is 3. The van der Waals surface area contributed by atoms with E-state index in [4.69, 9.17) is 5.11 Å². The third-order valence-corrected chi connectivity index (χ3v) is 4.37. The van der Waals surface area contributed by atoms with Crippen molar-refractivity contribution in [2.24, 2.45) is 11.8 Å². The highest BCUT2D eigenvalue weighted by molar-refractivity contribution is 7.87. The minimum Gasteiger partial charge on any atom is -0.396 e. The third-order valence-electron chi connectivity index (χ3n) is 3.30. The molecule has 1 rings (SSSR count). The smallest absolute Gasteiger partial charge is 0.396 e. The molecule has 5 nitrogen and oxygen atoms in total. The van der Waals surface area contributed by atoms with Crippen molar-refractivity contribution in [3.05, 3.63) is 0 Å². The van der Waals surface area contributed by atoms with Gasteiger partial charge in [0, 0.05) is 13.2 Å². The molecule has 1 saturated carbocycles. The zero-order chi connectivity index (χ0) is 14.5. The van der Waals surface area contributed by atoms with E-state index in [0.717, 1.165) is 25.7 Å². The summed E-state index contributed by atoms with van der Waals surface area (Å²) >= 11 is 0. The number of aliphatic hydroxyl groups is 1. The SMILES string of the molecule is O=S(=O)(NCC1CCCCC1CO)NCC(F)(F)F. The van der Waals surface area contributed by atoms with Crippen LogP contribution in [0.25, 0.3) is 0 Å². The molecule has 2 atom stereocenters. The predicted octanol–water partition coefficient (Wildman–Crippen LogP) is 0.771. The highest BCUT2D eigenvalue weighted by Crippen LogP contribution is 2.29. The first kappa shape index (κ1) is 16.7. The predicted molar refractivity (Wildman–Crippen MR) is 63.5 cm³/mol. The van der Waals surface area contributed by atoms with Crippen LogP contribution in [0.3, 0.4) is 0 Å². The molecule has 0 heterocycles. The van der Waals surface area contributed by atoms with Gasteiger partial charge in [-0.25, -0.2) is 4.72 Å². The van der Waals surface area contributed by atoms with E-state index in [9.17, 15) is 21.6 Å². The molecule has 9 heteroatoms. The molecule has 1 fully saturated rings. The second kappa shape index (κ2) is 6.87. The van der Waals surface area contributed by atoms with Gasteiger partial charge in [0.15, 0.2) is 0 Å². The zero-order valence-corrected chi connectivity index (χ0v) is 11.2. The Morgan fingerprint density at radius 2 is 1.68 bits per heavy atom. The summed E-state index contributed by atoms with van der Waals surface area (Å²) in [7, 11) is -4.15. The molecule has 0 bridgehead atoms. The molecule has 0 aromatic rings. The van der Waals surface area contributed by atoms with Crippen molar-refractivity contribution >= 4 is 10.2 Å². The lowest BCUT2D eigenvalue weighted by molar-refractivity contribution is -0.121. The Kier molecular flexibility index (Phi) is 6.03. The Bertz CT molecular complexity index is 373. The number of halogens is 3. The largest absolute Gasteiger partial charge is 0.402 e. The van der Waals surface area contributed by atoms with Crippen molar-refractivity contribution in [2.75, 3.05) is 19.7 Å². The van der Waals surface area contributed by atoms with Crippen LogP contribution in [0.15, 0.2) is 0 Å². The Morgan fingerprint density at radius 1 is 1.11 bits per heavy atom. The Hall–Kier alpha value is -0.380. The topological polar surface area (TPSA) is 78.4 Å². The number of rotatable bonds is 6. The summed E-state index contributed by atoms with van der Waals surface area (Å²) in [5, 5.41) is 9.16. The van der Waals surface area contributed by atoms with E-state index in [1.165, 1.54) is 4.72 Å². The van der Waals surface area contributed by atoms with Gasteiger partial charge >= 0.3 is 6.18 Å². The summed E-state index contributed by atoms with van der Waals surface area (Å²) < 4.78 is 62.0. The number of alkyl halides is 3. The van der Waals surface area contributed by atoms with Crippen LogP contribution in [0.4, 0.5) is 13.2 Å². The van der Waals surface area contributed by atoms with Gasteiger partial charge in [0.05, 0.1) is 0 Å². The normalized spacial score (nSPS) is 25.5. The molecule has 2 unspecified atom stereocenters. The minimum atomic E-state index is -4.58. The molecule has 0 aromatic heterocycles. The summed E-state index contributed by atoms with van der Waals surface area (Å²) in [6.07, 6.45) is -1.06. The highest BCUT2D eigenvalue weighted by atomic mass is 32.2. The molecule has 1 aliphatic carbocycles. The zero-order valence-electron chi connectivity index (χ0n) is 10.4. The van der Waals surface area contributed by atoms with E-state index in [-0.39, 0.29) is 25.0 Å². The lowest BCUT2D eigenvalue weighted by Crippen LogP contribution is -2.44. The maximum absolute atomic E-state index is 11.9. The van der Waals surface area contributed by atoms with Crippen LogP contribution in [0, 0.1) is 11.8 Å². The molecule has 19 heavy (non-hydrogen) atoms. The molecule has 0 amide bonds. The average molecular weight is 304 g/mol. The molecule has 0 aliphatic heterocycles. The van der Waals surface area contributed by atoms with Crippen molar-refractivity contribution in [1.82, 2.24) is 9.44 Å². The molecule has 0 saturated heterocycles. The van der Waals surface area contributed by atoms with Crippen LogP contribution in [0.1, 0.15) is 25.7 Å². The fourth-order valence-electron chi connectivity index (χ4n) is 2.24. The fourth-order valence-corrected chi connectivity index (χ4v) is 3.13. The Morgan fingerprint density at radius 3 is 2.21 bits per heavy atom. The van der Waals surface area contributed by atoms with E-state index in [1.807, 2.05) is 0 Å². The average Bonchev–Trinajstić information content (AvgIpc) is 2.34. The molecule has 1 aliphatic rings. The van der Waals surface area contributed by atoms with Gasteiger partial charge in [0.1, 0.15) is 6.54 Å². The monoisotopic (exact) mass is 304 g/mol. The van der Waals surface area contributed by atoms with Crippen molar-refractivity contribution in [1.29, 1.82) is 0 Å². The second-order valence-electron chi connectivity index (χ2n) is 4.78. The minimum absolute atomic E-state index is 0.0130. The van der Waals surface area contributed by atoms with E-state index < -0.39 is 22.9 Å². The maximum atomic E-state index is 11.9. The number of aliphatic hydroxyl groups excluding tert-OH is 1. The van der Waals surface area contributed by atoms with E-state index in [2.05, 4.69) is 4.72 Å². The van der Waals surface area contributed by atoms with E-state index in [0.29, 0.717) is 0 Å². The van der Waals surface area contributed by atoms with Crippen LogP contribution < -0.4 is 9.44 Å². The lowest BCUT2D eigenvalue weighted by atomic mass is 9.80. The van der Waals surface area contributed by atoms with Crippen LogP contribution in [-0.4, -0.2) is 39.4 Å². The molecular formula is C10H19F3N2O3S. The molecular weight excluding hydrogens is 285 g/mol. The fraction of sp³-hybridized carbons (Fsp3) is 1.00. The van der Waals surface area contributed by atoms with Gasteiger partial charge in [-0.2, -0.15) is 26.3 Å². The molecule has 0 spiro atoms. The summed E-state index contributed by atoms with van der Waals surface area (Å²) in [5.41, 5.74) is 0. The first-order chi connectivity index (χ1) is 8.73. The first-order valence-electron chi connectivity index (χ1n) is 6.15. The number of nitrogens with one attached hydrogen (secondary N) is 2. The molecule has 114 valence electrons.